The van der Waals surface area contributed by atoms with Gasteiger partial charge in [0, 0.05) is 19.5 Å². The second kappa shape index (κ2) is 9.08. The van der Waals surface area contributed by atoms with Crippen LogP contribution >= 0.6 is 0 Å². The smallest absolute Gasteiger partial charge is 0.416 e. The highest BCUT2D eigenvalue weighted by Gasteiger charge is 2.30. The van der Waals surface area contributed by atoms with E-state index in [-0.39, 0.29) is 12.2 Å². The minimum Gasteiger partial charge on any atom is -0.494 e. The Morgan fingerprint density at radius 2 is 2.16 bits per heavy atom. The number of carboxylic acids is 1. The molecule has 1 aliphatic heterocycles. The summed E-state index contributed by atoms with van der Waals surface area (Å²) in [6.07, 6.45) is -0.618. The topological polar surface area (TPSA) is 49.8 Å². The largest absolute Gasteiger partial charge is 0.494 e. The first kappa shape index (κ1) is 19.6. The number of alkyl halides is 3. The van der Waals surface area contributed by atoms with Crippen LogP contribution < -0.4 is 4.74 Å². The zero-order chi connectivity index (χ0) is 18.3. The van der Waals surface area contributed by atoms with Gasteiger partial charge in [0.2, 0.25) is 0 Å². The quantitative estimate of drug-likeness (QED) is 0.712. The Labute approximate surface area is 145 Å². The van der Waals surface area contributed by atoms with E-state index < -0.39 is 17.7 Å². The van der Waals surface area contributed by atoms with Crippen LogP contribution in [0.3, 0.4) is 0 Å². The molecule has 1 aromatic rings. The fraction of sp³-hybridized carbons (Fsp3) is 0.611. The minimum absolute atomic E-state index is 0.206. The zero-order valence-corrected chi connectivity index (χ0v) is 14.1. The molecule has 0 radical (unpaired) electrons. The maximum atomic E-state index is 12.6. The van der Waals surface area contributed by atoms with E-state index in [9.17, 15) is 18.0 Å². The fourth-order valence-electron chi connectivity index (χ4n) is 3.16. The highest BCUT2D eigenvalue weighted by atomic mass is 19.4. The maximum Gasteiger partial charge on any atom is 0.416 e. The molecule has 1 atom stereocenters. The van der Waals surface area contributed by atoms with E-state index in [1.165, 1.54) is 12.1 Å². The molecule has 0 saturated carbocycles. The lowest BCUT2D eigenvalue weighted by atomic mass is 9.93. The molecule has 0 amide bonds. The molecule has 25 heavy (non-hydrogen) atoms. The molecular weight excluding hydrogens is 335 g/mol. The van der Waals surface area contributed by atoms with Crippen molar-refractivity contribution >= 4 is 5.97 Å². The predicted octanol–water partition coefficient (Wildman–Crippen LogP) is 4.05. The number of nitrogens with zero attached hydrogens (tertiary/aromatic N) is 1. The normalized spacial score (nSPS) is 18.9. The fourth-order valence-corrected chi connectivity index (χ4v) is 3.16. The summed E-state index contributed by atoms with van der Waals surface area (Å²) in [5.74, 6) is -0.117. The Bertz CT molecular complexity index is 563. The molecule has 4 nitrogen and oxygen atoms in total. The van der Waals surface area contributed by atoms with Crippen molar-refractivity contribution in [2.24, 2.45) is 5.92 Å². The van der Waals surface area contributed by atoms with Crippen molar-refractivity contribution in [3.63, 3.8) is 0 Å². The molecule has 1 heterocycles. The van der Waals surface area contributed by atoms with Gasteiger partial charge in [-0.25, -0.2) is 0 Å². The van der Waals surface area contributed by atoms with E-state index in [1.54, 1.807) is 0 Å². The Morgan fingerprint density at radius 1 is 1.36 bits per heavy atom. The summed E-state index contributed by atoms with van der Waals surface area (Å²) in [6, 6.07) is 4.91. The number of piperidine rings is 1. The number of carboxylic acid groups (broad SMARTS) is 1. The lowest BCUT2D eigenvalue weighted by molar-refractivity contribution is -0.138. The second-order valence-corrected chi connectivity index (χ2v) is 6.47. The molecule has 1 aromatic carbocycles. The van der Waals surface area contributed by atoms with Gasteiger partial charge in [-0.15, -0.1) is 0 Å². The van der Waals surface area contributed by atoms with Gasteiger partial charge in [0.1, 0.15) is 5.75 Å². The molecule has 0 aliphatic carbocycles. The van der Waals surface area contributed by atoms with Gasteiger partial charge in [-0.05, 0) is 56.3 Å². The van der Waals surface area contributed by atoms with Crippen molar-refractivity contribution in [3.8, 4) is 5.75 Å². The van der Waals surface area contributed by atoms with E-state index >= 15 is 0 Å². The van der Waals surface area contributed by atoms with Crippen LogP contribution in [0, 0.1) is 5.92 Å². The van der Waals surface area contributed by atoms with Crippen molar-refractivity contribution in [3.05, 3.63) is 29.8 Å². The van der Waals surface area contributed by atoms with E-state index in [1.807, 2.05) is 0 Å². The van der Waals surface area contributed by atoms with Crippen molar-refractivity contribution in [1.82, 2.24) is 4.90 Å². The number of carbonyl (C=O) groups is 1. The number of benzene rings is 1. The lowest BCUT2D eigenvalue weighted by Gasteiger charge is -2.32. The summed E-state index contributed by atoms with van der Waals surface area (Å²) in [5.41, 5.74) is -0.706. The first-order valence-corrected chi connectivity index (χ1v) is 8.59. The van der Waals surface area contributed by atoms with Crippen LogP contribution in [0.2, 0.25) is 0 Å². The number of aliphatic carboxylic acids is 1. The van der Waals surface area contributed by atoms with Gasteiger partial charge in [-0.2, -0.15) is 13.2 Å². The molecule has 0 aromatic heterocycles. The molecule has 140 valence electrons. The second-order valence-electron chi connectivity index (χ2n) is 6.47. The number of rotatable bonds is 8. The standard InChI is InChI=1S/C18H24F3NO3/c19-18(20,21)15-5-1-6-16(12-15)25-11-3-10-22-9-2-4-14(13-22)7-8-17(23)24/h1,5-6,12,14H,2-4,7-11,13H2,(H,23,24). The van der Waals surface area contributed by atoms with Gasteiger partial charge in [-0.3, -0.25) is 4.79 Å². The Kier molecular flexibility index (Phi) is 7.11. The van der Waals surface area contributed by atoms with Crippen LogP contribution in [0.5, 0.6) is 5.75 Å². The van der Waals surface area contributed by atoms with Crippen LogP contribution in [-0.2, 0) is 11.0 Å². The molecule has 7 heteroatoms. The number of likely N-dealkylation sites (tertiary alicyclic amines) is 1. The van der Waals surface area contributed by atoms with Crippen LogP contribution in [0.1, 0.15) is 37.7 Å². The summed E-state index contributed by atoms with van der Waals surface area (Å²) < 4.78 is 43.4. The molecule has 1 fully saturated rings. The third-order valence-corrected chi connectivity index (χ3v) is 4.42. The molecular formula is C18H24F3NO3. The molecule has 1 unspecified atom stereocenters. The molecule has 1 aliphatic rings. The minimum atomic E-state index is -4.36. The van der Waals surface area contributed by atoms with Crippen LogP contribution in [-0.4, -0.2) is 42.2 Å². The number of hydrogen-bond donors (Lipinski definition) is 1. The van der Waals surface area contributed by atoms with Crippen LogP contribution in [0.25, 0.3) is 0 Å². The van der Waals surface area contributed by atoms with Gasteiger partial charge in [0.15, 0.2) is 0 Å². The summed E-state index contributed by atoms with van der Waals surface area (Å²) >= 11 is 0. The van der Waals surface area contributed by atoms with Crippen LogP contribution in [0.15, 0.2) is 24.3 Å². The predicted molar refractivity (Wildman–Crippen MR) is 87.6 cm³/mol. The number of halogens is 3. The SMILES string of the molecule is O=C(O)CCC1CCCN(CCCOc2cccc(C(F)(F)F)c2)C1. The number of hydrogen-bond acceptors (Lipinski definition) is 3. The third-order valence-electron chi connectivity index (χ3n) is 4.42. The lowest BCUT2D eigenvalue weighted by Crippen LogP contribution is -2.36. The van der Waals surface area contributed by atoms with Gasteiger partial charge < -0.3 is 14.7 Å². The monoisotopic (exact) mass is 359 g/mol. The first-order valence-electron chi connectivity index (χ1n) is 8.59. The van der Waals surface area contributed by atoms with E-state index in [2.05, 4.69) is 4.90 Å². The summed E-state index contributed by atoms with van der Waals surface area (Å²) in [6.45, 7) is 3.03. The average molecular weight is 359 g/mol. The Hall–Kier alpha value is -1.76. The molecule has 0 spiro atoms. The first-order chi connectivity index (χ1) is 11.8. The summed E-state index contributed by atoms with van der Waals surface area (Å²) in [7, 11) is 0. The van der Waals surface area contributed by atoms with E-state index in [0.717, 1.165) is 51.0 Å². The third kappa shape index (κ3) is 6.94. The molecule has 1 saturated heterocycles. The summed E-state index contributed by atoms with van der Waals surface area (Å²) in [5, 5.41) is 8.76. The highest BCUT2D eigenvalue weighted by Crippen LogP contribution is 2.31. The Morgan fingerprint density at radius 3 is 2.88 bits per heavy atom. The van der Waals surface area contributed by atoms with E-state index in [4.69, 9.17) is 9.84 Å². The van der Waals surface area contributed by atoms with Gasteiger partial charge in [-0.1, -0.05) is 6.07 Å². The van der Waals surface area contributed by atoms with Crippen molar-refractivity contribution < 1.29 is 27.8 Å². The molecule has 0 bridgehead atoms. The highest BCUT2D eigenvalue weighted by molar-refractivity contribution is 5.66. The van der Waals surface area contributed by atoms with Crippen molar-refractivity contribution in [1.29, 1.82) is 0 Å². The number of ether oxygens (including phenoxy) is 1. The van der Waals surface area contributed by atoms with Crippen LogP contribution in [0.4, 0.5) is 13.2 Å². The van der Waals surface area contributed by atoms with Gasteiger partial charge in [0.25, 0.3) is 0 Å². The summed E-state index contributed by atoms with van der Waals surface area (Å²) in [4.78, 5) is 12.9. The van der Waals surface area contributed by atoms with Gasteiger partial charge >= 0.3 is 12.1 Å². The van der Waals surface area contributed by atoms with Crippen molar-refractivity contribution in [2.45, 2.75) is 38.3 Å². The van der Waals surface area contributed by atoms with Crippen molar-refractivity contribution in [2.75, 3.05) is 26.2 Å². The van der Waals surface area contributed by atoms with Gasteiger partial charge in [0.05, 0.1) is 12.2 Å². The molecule has 1 N–H and O–H groups in total. The van der Waals surface area contributed by atoms with E-state index in [0.29, 0.717) is 18.9 Å². The average Bonchev–Trinajstić information content (AvgIpc) is 2.57. The Balaban J connectivity index is 1.69. The zero-order valence-electron chi connectivity index (χ0n) is 14.1. The molecule has 2 rings (SSSR count). The maximum absolute atomic E-state index is 12.6.